The van der Waals surface area contributed by atoms with E-state index >= 15 is 0 Å². The lowest BCUT2D eigenvalue weighted by Crippen LogP contribution is -2.38. The minimum atomic E-state index is -0.673. The Balaban J connectivity index is 2.17. The van der Waals surface area contributed by atoms with E-state index in [-0.39, 0.29) is 11.3 Å². The quantitative estimate of drug-likeness (QED) is 0.612. The zero-order valence-corrected chi connectivity index (χ0v) is 13.7. The van der Waals surface area contributed by atoms with Crippen molar-refractivity contribution in [2.75, 3.05) is 0 Å². The normalized spacial score (nSPS) is 11.6. The summed E-state index contributed by atoms with van der Waals surface area (Å²) in [6.45, 7) is 1.53. The Labute approximate surface area is 137 Å². The van der Waals surface area contributed by atoms with Crippen molar-refractivity contribution in [2.45, 2.75) is 6.92 Å². The minimum Gasteiger partial charge on any atom is -0.494 e. The molecule has 0 aliphatic carbocycles. The molecule has 0 atom stereocenters. The number of aromatic nitrogens is 5. The Morgan fingerprint density at radius 3 is 2.67 bits per heavy atom. The number of aromatic hydroxyl groups is 1. The summed E-state index contributed by atoms with van der Waals surface area (Å²) in [5, 5.41) is 15.7. The van der Waals surface area contributed by atoms with Gasteiger partial charge < -0.3 is 5.11 Å². The standard InChI is InChI=1S/C13H12N6O4S/c1-6-9(20)15-12-19(16-6)8(5-24-12)14-4-7-10(21)17(2)13(23)18(3)11(7)22/h4-5,21H,1-3H3. The molecular formula is C13H12N6O4S. The van der Waals surface area contributed by atoms with Crippen molar-refractivity contribution in [2.24, 2.45) is 19.1 Å². The first-order valence-electron chi connectivity index (χ1n) is 6.69. The molecule has 3 rings (SSSR count). The second-order valence-electron chi connectivity index (χ2n) is 4.99. The zero-order chi connectivity index (χ0) is 17.6. The fourth-order valence-corrected chi connectivity index (χ4v) is 2.76. The van der Waals surface area contributed by atoms with Gasteiger partial charge in [0.05, 0.1) is 0 Å². The van der Waals surface area contributed by atoms with Crippen LogP contribution >= 0.6 is 11.3 Å². The third kappa shape index (κ3) is 2.34. The van der Waals surface area contributed by atoms with Gasteiger partial charge in [0, 0.05) is 25.7 Å². The van der Waals surface area contributed by atoms with Crippen LogP contribution in [-0.2, 0) is 14.1 Å². The monoisotopic (exact) mass is 348 g/mol. The predicted octanol–water partition coefficient (Wildman–Crippen LogP) is -0.687. The molecule has 10 nitrogen and oxygen atoms in total. The molecular weight excluding hydrogens is 336 g/mol. The SMILES string of the molecule is Cc1nn2c(N=Cc3c(O)n(C)c(=O)n(C)c3=O)csc2nc1=O. The highest BCUT2D eigenvalue weighted by Gasteiger charge is 2.13. The number of nitrogens with zero attached hydrogens (tertiary/aromatic N) is 6. The van der Waals surface area contributed by atoms with Gasteiger partial charge in [0.15, 0.2) is 5.82 Å². The summed E-state index contributed by atoms with van der Waals surface area (Å²) in [5.41, 5.74) is -1.66. The maximum atomic E-state index is 12.1. The molecule has 0 saturated carbocycles. The average Bonchev–Trinajstić information content (AvgIpc) is 2.93. The van der Waals surface area contributed by atoms with Gasteiger partial charge in [-0.05, 0) is 6.92 Å². The number of aryl methyl sites for hydroxylation is 1. The van der Waals surface area contributed by atoms with Crippen molar-refractivity contribution in [1.29, 1.82) is 0 Å². The smallest absolute Gasteiger partial charge is 0.333 e. The molecule has 0 saturated heterocycles. The minimum absolute atomic E-state index is 0.135. The van der Waals surface area contributed by atoms with Crippen LogP contribution in [0.25, 0.3) is 4.96 Å². The first-order chi connectivity index (χ1) is 11.3. The molecule has 0 aliphatic heterocycles. The predicted molar refractivity (Wildman–Crippen MR) is 87.7 cm³/mol. The van der Waals surface area contributed by atoms with Crippen LogP contribution in [0, 0.1) is 6.92 Å². The number of aliphatic imine (C=N–C) groups is 1. The van der Waals surface area contributed by atoms with Gasteiger partial charge in [-0.3, -0.25) is 18.7 Å². The van der Waals surface area contributed by atoms with Crippen molar-refractivity contribution >= 4 is 28.3 Å². The Morgan fingerprint density at radius 2 is 1.96 bits per heavy atom. The number of hydrogen-bond acceptors (Lipinski definition) is 8. The van der Waals surface area contributed by atoms with Gasteiger partial charge in [-0.25, -0.2) is 9.79 Å². The van der Waals surface area contributed by atoms with Gasteiger partial charge in [-0.1, -0.05) is 0 Å². The fourth-order valence-electron chi connectivity index (χ4n) is 2.02. The van der Waals surface area contributed by atoms with Crippen LogP contribution in [0.3, 0.4) is 0 Å². The number of rotatable bonds is 2. The second-order valence-corrected chi connectivity index (χ2v) is 5.83. The highest BCUT2D eigenvalue weighted by molar-refractivity contribution is 7.15. The molecule has 3 aromatic rings. The van der Waals surface area contributed by atoms with E-state index in [0.29, 0.717) is 10.8 Å². The molecule has 0 amide bonds. The molecule has 124 valence electrons. The van der Waals surface area contributed by atoms with Crippen molar-refractivity contribution in [3.8, 4) is 5.88 Å². The molecule has 24 heavy (non-hydrogen) atoms. The van der Waals surface area contributed by atoms with Crippen LogP contribution < -0.4 is 16.8 Å². The lowest BCUT2D eigenvalue weighted by atomic mass is 10.3. The van der Waals surface area contributed by atoms with Crippen LogP contribution in [0.15, 0.2) is 24.8 Å². The summed E-state index contributed by atoms with van der Waals surface area (Å²) in [6, 6.07) is 0. The summed E-state index contributed by atoms with van der Waals surface area (Å²) >= 11 is 1.16. The molecule has 0 spiro atoms. The van der Waals surface area contributed by atoms with Gasteiger partial charge in [-0.2, -0.15) is 14.6 Å². The van der Waals surface area contributed by atoms with Gasteiger partial charge in [-0.15, -0.1) is 11.3 Å². The van der Waals surface area contributed by atoms with Crippen molar-refractivity contribution in [3.63, 3.8) is 0 Å². The van der Waals surface area contributed by atoms with E-state index in [0.717, 1.165) is 26.7 Å². The molecule has 0 bridgehead atoms. The highest BCUT2D eigenvalue weighted by Crippen LogP contribution is 2.19. The van der Waals surface area contributed by atoms with Crippen LogP contribution in [0.1, 0.15) is 11.3 Å². The summed E-state index contributed by atoms with van der Waals surface area (Å²) < 4.78 is 3.17. The largest absolute Gasteiger partial charge is 0.494 e. The number of fused-ring (bicyclic) bond motifs is 1. The fraction of sp³-hybridized carbons (Fsp3) is 0.231. The third-order valence-electron chi connectivity index (χ3n) is 3.42. The van der Waals surface area contributed by atoms with Gasteiger partial charge in [0.2, 0.25) is 10.8 Å². The Kier molecular flexibility index (Phi) is 3.64. The molecule has 0 unspecified atom stereocenters. The molecule has 0 aromatic carbocycles. The van der Waals surface area contributed by atoms with E-state index in [2.05, 4.69) is 15.1 Å². The molecule has 0 aliphatic rings. The van der Waals surface area contributed by atoms with Crippen molar-refractivity contribution < 1.29 is 5.11 Å². The van der Waals surface area contributed by atoms with E-state index in [1.165, 1.54) is 25.5 Å². The van der Waals surface area contributed by atoms with Crippen LogP contribution in [0.4, 0.5) is 5.82 Å². The van der Waals surface area contributed by atoms with E-state index in [4.69, 9.17) is 0 Å². The lowest BCUT2D eigenvalue weighted by Gasteiger charge is -2.06. The highest BCUT2D eigenvalue weighted by atomic mass is 32.1. The molecule has 1 N–H and O–H groups in total. The summed E-state index contributed by atoms with van der Waals surface area (Å²) in [4.78, 5) is 43.6. The van der Waals surface area contributed by atoms with Gasteiger partial charge >= 0.3 is 5.69 Å². The Hall–Kier alpha value is -3.08. The van der Waals surface area contributed by atoms with E-state index in [1.807, 2.05) is 0 Å². The van der Waals surface area contributed by atoms with E-state index < -0.39 is 22.7 Å². The van der Waals surface area contributed by atoms with Crippen LogP contribution in [0.5, 0.6) is 5.88 Å². The van der Waals surface area contributed by atoms with Gasteiger partial charge in [0.25, 0.3) is 11.1 Å². The Morgan fingerprint density at radius 1 is 1.25 bits per heavy atom. The molecule has 3 aromatic heterocycles. The first-order valence-corrected chi connectivity index (χ1v) is 7.57. The van der Waals surface area contributed by atoms with Crippen molar-refractivity contribution in [1.82, 2.24) is 23.7 Å². The van der Waals surface area contributed by atoms with Crippen LogP contribution in [0.2, 0.25) is 0 Å². The molecule has 3 heterocycles. The van der Waals surface area contributed by atoms with Gasteiger partial charge in [0.1, 0.15) is 11.3 Å². The maximum absolute atomic E-state index is 12.1. The number of thiazole rings is 1. The summed E-state index contributed by atoms with van der Waals surface area (Å²) in [7, 11) is 2.65. The summed E-state index contributed by atoms with van der Waals surface area (Å²) in [6.07, 6.45) is 1.15. The van der Waals surface area contributed by atoms with E-state index in [9.17, 15) is 19.5 Å². The number of hydrogen-bond donors (Lipinski definition) is 1. The summed E-state index contributed by atoms with van der Waals surface area (Å²) in [5.74, 6) is -0.151. The lowest BCUT2D eigenvalue weighted by molar-refractivity contribution is 0.410. The van der Waals surface area contributed by atoms with E-state index in [1.54, 1.807) is 5.38 Å². The maximum Gasteiger partial charge on any atom is 0.333 e. The molecule has 0 fully saturated rings. The third-order valence-corrected chi connectivity index (χ3v) is 4.22. The first kappa shape index (κ1) is 15.8. The molecule has 11 heteroatoms. The topological polar surface area (TPSA) is 124 Å². The molecule has 0 radical (unpaired) electrons. The van der Waals surface area contributed by atoms with Crippen molar-refractivity contribution in [3.05, 3.63) is 47.8 Å². The zero-order valence-electron chi connectivity index (χ0n) is 12.9. The Bertz CT molecular complexity index is 1170. The average molecular weight is 348 g/mol. The second kappa shape index (κ2) is 5.53. The van der Waals surface area contributed by atoms with Crippen LogP contribution in [-0.4, -0.2) is 35.1 Å².